The number of Topliss-reactive ketones (excluding diaryl/α,β-unsaturated/α-hetero) is 1. The van der Waals surface area contributed by atoms with E-state index in [2.05, 4.69) is 9.89 Å². The smallest absolute Gasteiger partial charge is 0.363 e. The molecule has 0 amide bonds. The fourth-order valence-electron chi connectivity index (χ4n) is 0.475. The topological polar surface area (TPSA) is 76.0 Å². The van der Waals surface area contributed by atoms with E-state index in [-0.39, 0.29) is 6.42 Å². The highest BCUT2D eigenvalue weighted by atomic mass is 16.5. The highest BCUT2D eigenvalue weighted by molar-refractivity contribution is 6.64. The minimum absolute atomic E-state index is 0.106. The van der Waals surface area contributed by atoms with Gasteiger partial charge in [-0.1, -0.05) is 12.1 Å². The van der Waals surface area contributed by atoms with Gasteiger partial charge in [0.25, 0.3) is 0 Å². The van der Waals surface area contributed by atoms with Crippen LogP contribution in [0.2, 0.25) is 0 Å². The molecular formula is C6H9NO4. The Balaban J connectivity index is 4.43. The number of hydrogen-bond acceptors (Lipinski definition) is 5. The molecule has 0 rings (SSSR count). The summed E-state index contributed by atoms with van der Waals surface area (Å²) in [5, 5.41) is 10.7. The molecule has 0 unspecified atom stereocenters. The highest BCUT2D eigenvalue weighted by Crippen LogP contribution is 1.89. The number of esters is 1. The lowest BCUT2D eigenvalue weighted by molar-refractivity contribution is -0.133. The molecule has 0 fully saturated rings. The van der Waals surface area contributed by atoms with E-state index in [4.69, 9.17) is 5.21 Å². The Labute approximate surface area is 63.6 Å². The van der Waals surface area contributed by atoms with Crippen molar-refractivity contribution in [2.24, 2.45) is 5.16 Å². The van der Waals surface area contributed by atoms with Crippen LogP contribution in [-0.4, -0.2) is 29.8 Å². The van der Waals surface area contributed by atoms with Crippen LogP contribution in [0.1, 0.15) is 13.3 Å². The van der Waals surface area contributed by atoms with Gasteiger partial charge in [-0.25, -0.2) is 4.79 Å². The Morgan fingerprint density at radius 3 is 2.36 bits per heavy atom. The van der Waals surface area contributed by atoms with Gasteiger partial charge in [-0.3, -0.25) is 4.79 Å². The maximum atomic E-state index is 10.8. The number of rotatable bonds is 3. The molecule has 0 aliphatic heterocycles. The molecule has 0 radical (unpaired) electrons. The number of ether oxygens (including phenoxy) is 1. The van der Waals surface area contributed by atoms with Gasteiger partial charge in [0, 0.05) is 6.42 Å². The molecule has 0 saturated heterocycles. The van der Waals surface area contributed by atoms with E-state index >= 15 is 0 Å². The predicted molar refractivity (Wildman–Crippen MR) is 36.5 cm³/mol. The molecule has 0 aliphatic carbocycles. The minimum Gasteiger partial charge on any atom is -0.464 e. The van der Waals surface area contributed by atoms with E-state index in [1.54, 1.807) is 6.92 Å². The summed E-state index contributed by atoms with van der Waals surface area (Å²) in [4.78, 5) is 21.4. The third-order valence-electron chi connectivity index (χ3n) is 1.06. The van der Waals surface area contributed by atoms with Crippen LogP contribution < -0.4 is 0 Å². The summed E-state index contributed by atoms with van der Waals surface area (Å²) in [5.74, 6) is -1.46. The summed E-state index contributed by atoms with van der Waals surface area (Å²) < 4.78 is 4.18. The molecule has 0 aromatic heterocycles. The van der Waals surface area contributed by atoms with E-state index in [0.717, 1.165) is 7.11 Å². The van der Waals surface area contributed by atoms with E-state index in [0.29, 0.717) is 0 Å². The molecule has 0 bridgehead atoms. The van der Waals surface area contributed by atoms with E-state index in [1.807, 2.05) is 0 Å². The van der Waals surface area contributed by atoms with Crippen LogP contribution in [0, 0.1) is 0 Å². The Bertz CT molecular complexity index is 179. The quantitative estimate of drug-likeness (QED) is 0.206. The van der Waals surface area contributed by atoms with Gasteiger partial charge in [0.1, 0.15) is 0 Å². The zero-order valence-corrected chi connectivity index (χ0v) is 6.33. The monoisotopic (exact) mass is 159 g/mol. The SMILES string of the molecule is CCC(=O)C(=NO)C(=O)OC. The molecule has 5 nitrogen and oxygen atoms in total. The maximum absolute atomic E-state index is 10.8. The zero-order valence-electron chi connectivity index (χ0n) is 6.33. The van der Waals surface area contributed by atoms with Crippen molar-refractivity contribution in [3.05, 3.63) is 0 Å². The van der Waals surface area contributed by atoms with Crippen molar-refractivity contribution < 1.29 is 19.5 Å². The van der Waals surface area contributed by atoms with Gasteiger partial charge in [0.2, 0.25) is 5.71 Å². The second kappa shape index (κ2) is 4.43. The van der Waals surface area contributed by atoms with Crippen molar-refractivity contribution >= 4 is 17.5 Å². The molecule has 0 spiro atoms. The Morgan fingerprint density at radius 2 is 2.09 bits per heavy atom. The summed E-state index contributed by atoms with van der Waals surface area (Å²) in [6.45, 7) is 1.55. The second-order valence-corrected chi connectivity index (χ2v) is 1.72. The largest absolute Gasteiger partial charge is 0.464 e. The molecule has 1 N–H and O–H groups in total. The second-order valence-electron chi connectivity index (χ2n) is 1.72. The maximum Gasteiger partial charge on any atom is 0.363 e. The fourth-order valence-corrected chi connectivity index (χ4v) is 0.475. The van der Waals surface area contributed by atoms with Crippen molar-refractivity contribution in [3.8, 4) is 0 Å². The first-order chi connectivity index (χ1) is 5.17. The summed E-state index contributed by atoms with van der Waals surface area (Å²) >= 11 is 0. The van der Waals surface area contributed by atoms with Crippen molar-refractivity contribution in [1.82, 2.24) is 0 Å². The molecule has 11 heavy (non-hydrogen) atoms. The lowest BCUT2D eigenvalue weighted by atomic mass is 10.2. The average molecular weight is 159 g/mol. The Morgan fingerprint density at radius 1 is 1.55 bits per heavy atom. The summed E-state index contributed by atoms with van der Waals surface area (Å²) in [6, 6.07) is 0. The van der Waals surface area contributed by atoms with Crippen LogP contribution in [0.25, 0.3) is 0 Å². The third kappa shape index (κ3) is 2.37. The molecule has 62 valence electrons. The lowest BCUT2D eigenvalue weighted by Crippen LogP contribution is -2.24. The number of nitrogens with zero attached hydrogens (tertiary/aromatic N) is 1. The van der Waals surface area contributed by atoms with E-state index < -0.39 is 17.5 Å². The fraction of sp³-hybridized carbons (Fsp3) is 0.500. The van der Waals surface area contributed by atoms with Crippen LogP contribution in [0.3, 0.4) is 0 Å². The molecular weight excluding hydrogens is 150 g/mol. The van der Waals surface area contributed by atoms with E-state index in [1.165, 1.54) is 0 Å². The van der Waals surface area contributed by atoms with Gasteiger partial charge < -0.3 is 9.94 Å². The first-order valence-electron chi connectivity index (χ1n) is 3.00. The van der Waals surface area contributed by atoms with Crippen LogP contribution in [0.5, 0.6) is 0 Å². The average Bonchev–Trinajstić information content (AvgIpc) is 2.05. The number of methoxy groups -OCH3 is 1. The standard InChI is InChI=1S/C6H9NO4/c1-3-4(8)5(7-10)6(9)11-2/h10H,3H2,1-2H3. The molecule has 0 atom stereocenters. The van der Waals surface area contributed by atoms with Crippen molar-refractivity contribution in [1.29, 1.82) is 0 Å². The summed E-state index contributed by atoms with van der Waals surface area (Å²) in [5.41, 5.74) is -0.560. The van der Waals surface area contributed by atoms with E-state index in [9.17, 15) is 9.59 Å². The molecule has 0 heterocycles. The normalized spacial score (nSPS) is 10.9. The van der Waals surface area contributed by atoms with Gasteiger partial charge in [0.05, 0.1) is 7.11 Å². The van der Waals surface area contributed by atoms with Crippen LogP contribution >= 0.6 is 0 Å². The van der Waals surface area contributed by atoms with Gasteiger partial charge in [-0.2, -0.15) is 0 Å². The molecule has 0 saturated carbocycles. The number of oxime groups is 1. The predicted octanol–water partition coefficient (Wildman–Crippen LogP) is -0.0313. The third-order valence-corrected chi connectivity index (χ3v) is 1.06. The molecule has 0 aliphatic rings. The molecule has 5 heteroatoms. The van der Waals surface area contributed by atoms with Gasteiger partial charge >= 0.3 is 5.97 Å². The number of ketones is 1. The number of carbonyl (C=O) groups is 2. The van der Waals surface area contributed by atoms with Crippen molar-refractivity contribution in [3.63, 3.8) is 0 Å². The highest BCUT2D eigenvalue weighted by Gasteiger charge is 2.19. The molecule has 0 aromatic carbocycles. The number of carbonyl (C=O) groups excluding carboxylic acids is 2. The van der Waals surface area contributed by atoms with Gasteiger partial charge in [-0.05, 0) is 0 Å². The summed E-state index contributed by atoms with van der Waals surface area (Å²) in [7, 11) is 1.11. The zero-order chi connectivity index (χ0) is 8.85. The lowest BCUT2D eigenvalue weighted by Gasteiger charge is -1.97. The van der Waals surface area contributed by atoms with Gasteiger partial charge in [-0.15, -0.1) is 0 Å². The Hall–Kier alpha value is -1.39. The minimum atomic E-state index is -0.917. The first-order valence-corrected chi connectivity index (χ1v) is 3.00. The van der Waals surface area contributed by atoms with Crippen LogP contribution in [0.4, 0.5) is 0 Å². The Kier molecular flexibility index (Phi) is 3.87. The first kappa shape index (κ1) is 9.61. The van der Waals surface area contributed by atoms with Crippen LogP contribution in [-0.2, 0) is 14.3 Å². The van der Waals surface area contributed by atoms with Crippen molar-refractivity contribution in [2.45, 2.75) is 13.3 Å². The molecule has 0 aromatic rings. The van der Waals surface area contributed by atoms with Gasteiger partial charge in [0.15, 0.2) is 5.78 Å². The number of hydrogen-bond donors (Lipinski definition) is 1. The van der Waals surface area contributed by atoms with Crippen molar-refractivity contribution in [2.75, 3.05) is 7.11 Å². The summed E-state index contributed by atoms with van der Waals surface area (Å²) in [6.07, 6.45) is 0.106. The van der Waals surface area contributed by atoms with Crippen LogP contribution in [0.15, 0.2) is 5.16 Å².